The molecule has 1 unspecified atom stereocenters. The number of ether oxygens (including phenoxy) is 2. The Labute approximate surface area is 141 Å². The van der Waals surface area contributed by atoms with Crippen LogP contribution in [0.3, 0.4) is 0 Å². The minimum absolute atomic E-state index is 0.0863. The molecule has 1 aromatic carbocycles. The predicted octanol–water partition coefficient (Wildman–Crippen LogP) is 2.76. The largest absolute Gasteiger partial charge is 0.454 e. The number of nitrogens with one attached hydrogen (secondary N) is 1. The molecule has 0 saturated carbocycles. The van der Waals surface area contributed by atoms with Gasteiger partial charge in [-0.2, -0.15) is 0 Å². The Hall–Kier alpha value is -2.76. The number of carbonyl (C=O) groups excluding carboxylic acids is 1. The number of carbonyl (C=O) groups is 1. The second-order valence-corrected chi connectivity index (χ2v) is 5.71. The summed E-state index contributed by atoms with van der Waals surface area (Å²) in [5, 5.41) is 2.94. The summed E-state index contributed by atoms with van der Waals surface area (Å²) in [5.74, 6) is 1.53. The highest BCUT2D eigenvalue weighted by molar-refractivity contribution is 5.74. The Balaban J connectivity index is 1.50. The van der Waals surface area contributed by atoms with Crippen LogP contribution in [-0.4, -0.2) is 36.3 Å². The van der Waals surface area contributed by atoms with Crippen molar-refractivity contribution in [2.45, 2.75) is 19.4 Å². The molecule has 3 rings (SSSR count). The highest BCUT2D eigenvalue weighted by Gasteiger charge is 2.18. The van der Waals surface area contributed by atoms with Gasteiger partial charge in [-0.1, -0.05) is 12.1 Å². The first-order valence-corrected chi connectivity index (χ1v) is 7.95. The lowest BCUT2D eigenvalue weighted by atomic mass is 10.1. The molecular formula is C18H21N3O3. The van der Waals surface area contributed by atoms with Gasteiger partial charge in [-0.15, -0.1) is 0 Å². The van der Waals surface area contributed by atoms with E-state index in [1.165, 1.54) is 0 Å². The number of pyridine rings is 1. The monoisotopic (exact) mass is 327 g/mol. The number of fused-ring (bicyclic) bond motifs is 1. The number of aromatic nitrogens is 1. The number of urea groups is 1. The van der Waals surface area contributed by atoms with Crippen LogP contribution in [0.15, 0.2) is 42.6 Å². The van der Waals surface area contributed by atoms with Crippen molar-refractivity contribution < 1.29 is 14.3 Å². The maximum absolute atomic E-state index is 12.3. The zero-order valence-electron chi connectivity index (χ0n) is 13.9. The summed E-state index contributed by atoms with van der Waals surface area (Å²) in [6, 6.07) is 11.3. The third kappa shape index (κ3) is 3.59. The molecule has 1 aliphatic heterocycles. The van der Waals surface area contributed by atoms with Crippen molar-refractivity contribution >= 4 is 6.03 Å². The molecule has 0 fully saturated rings. The van der Waals surface area contributed by atoms with E-state index in [0.29, 0.717) is 6.54 Å². The third-order valence-electron chi connectivity index (χ3n) is 4.14. The van der Waals surface area contributed by atoms with E-state index in [4.69, 9.17) is 9.47 Å². The second kappa shape index (κ2) is 7.21. The molecule has 0 spiro atoms. The number of nitrogens with zero attached hydrogens (tertiary/aromatic N) is 2. The van der Waals surface area contributed by atoms with Gasteiger partial charge in [0.25, 0.3) is 0 Å². The first-order chi connectivity index (χ1) is 11.6. The topological polar surface area (TPSA) is 63.7 Å². The smallest absolute Gasteiger partial charge is 0.317 e. The van der Waals surface area contributed by atoms with Gasteiger partial charge in [0, 0.05) is 19.8 Å². The molecule has 24 heavy (non-hydrogen) atoms. The minimum atomic E-state index is -0.117. The lowest BCUT2D eigenvalue weighted by Gasteiger charge is -2.24. The lowest BCUT2D eigenvalue weighted by Crippen LogP contribution is -2.39. The first kappa shape index (κ1) is 16.1. The Morgan fingerprint density at radius 3 is 2.92 bits per heavy atom. The fourth-order valence-electron chi connectivity index (χ4n) is 2.53. The molecule has 1 aromatic heterocycles. The molecule has 0 saturated heterocycles. The fourth-order valence-corrected chi connectivity index (χ4v) is 2.53. The number of hydrogen-bond acceptors (Lipinski definition) is 4. The normalized spacial score (nSPS) is 13.4. The molecule has 0 bridgehead atoms. The van der Waals surface area contributed by atoms with Crippen molar-refractivity contribution in [3.05, 3.63) is 53.9 Å². The van der Waals surface area contributed by atoms with Crippen molar-refractivity contribution in [2.75, 3.05) is 20.4 Å². The SMILES string of the molecule is CC(c1ccccn1)N(C)C(=O)NCCc1ccc2c(c1)OCO2. The second-order valence-electron chi connectivity index (χ2n) is 5.71. The van der Waals surface area contributed by atoms with Crippen molar-refractivity contribution in [3.63, 3.8) is 0 Å². The Morgan fingerprint density at radius 2 is 2.12 bits per heavy atom. The van der Waals surface area contributed by atoms with Crippen LogP contribution < -0.4 is 14.8 Å². The number of rotatable bonds is 5. The van der Waals surface area contributed by atoms with Crippen LogP contribution in [0.25, 0.3) is 0 Å². The standard InChI is InChI=1S/C18H21N3O3/c1-13(15-5-3-4-9-19-15)21(2)18(22)20-10-8-14-6-7-16-17(11-14)24-12-23-16/h3-7,9,11,13H,8,10,12H2,1-2H3,(H,20,22). The molecule has 1 atom stereocenters. The van der Waals surface area contributed by atoms with Crippen LogP contribution in [0, 0.1) is 0 Å². The van der Waals surface area contributed by atoms with Gasteiger partial charge in [0.2, 0.25) is 6.79 Å². The molecule has 0 radical (unpaired) electrons. The van der Waals surface area contributed by atoms with E-state index >= 15 is 0 Å². The summed E-state index contributed by atoms with van der Waals surface area (Å²) in [5.41, 5.74) is 1.96. The van der Waals surface area contributed by atoms with E-state index < -0.39 is 0 Å². The van der Waals surface area contributed by atoms with Crippen molar-refractivity contribution in [1.82, 2.24) is 15.2 Å². The summed E-state index contributed by atoms with van der Waals surface area (Å²) in [4.78, 5) is 18.2. The first-order valence-electron chi connectivity index (χ1n) is 7.95. The van der Waals surface area contributed by atoms with E-state index in [1.54, 1.807) is 18.1 Å². The van der Waals surface area contributed by atoms with Crippen LogP contribution in [0.4, 0.5) is 4.79 Å². The molecule has 2 heterocycles. The van der Waals surface area contributed by atoms with Gasteiger partial charge in [0.05, 0.1) is 11.7 Å². The van der Waals surface area contributed by atoms with Gasteiger partial charge in [-0.3, -0.25) is 4.98 Å². The summed E-state index contributed by atoms with van der Waals surface area (Å²) >= 11 is 0. The highest BCUT2D eigenvalue weighted by Crippen LogP contribution is 2.32. The van der Waals surface area contributed by atoms with E-state index in [-0.39, 0.29) is 18.9 Å². The van der Waals surface area contributed by atoms with Crippen LogP contribution in [-0.2, 0) is 6.42 Å². The van der Waals surface area contributed by atoms with Gasteiger partial charge >= 0.3 is 6.03 Å². The molecule has 2 amide bonds. The summed E-state index contributed by atoms with van der Waals surface area (Å²) in [6.45, 7) is 2.78. The average molecular weight is 327 g/mol. The summed E-state index contributed by atoms with van der Waals surface area (Å²) in [6.07, 6.45) is 2.46. The molecule has 126 valence electrons. The van der Waals surface area contributed by atoms with Crippen LogP contribution in [0.2, 0.25) is 0 Å². The van der Waals surface area contributed by atoms with Gasteiger partial charge < -0.3 is 19.7 Å². The van der Waals surface area contributed by atoms with Gasteiger partial charge in [-0.25, -0.2) is 4.79 Å². The van der Waals surface area contributed by atoms with Gasteiger partial charge in [-0.05, 0) is 43.2 Å². The molecule has 6 heteroatoms. The Morgan fingerprint density at radius 1 is 1.29 bits per heavy atom. The van der Waals surface area contributed by atoms with E-state index in [1.807, 2.05) is 43.3 Å². The maximum atomic E-state index is 12.3. The molecule has 1 aliphatic rings. The van der Waals surface area contributed by atoms with Crippen molar-refractivity contribution in [3.8, 4) is 11.5 Å². The van der Waals surface area contributed by atoms with E-state index in [0.717, 1.165) is 29.2 Å². The van der Waals surface area contributed by atoms with Crippen molar-refractivity contribution in [1.29, 1.82) is 0 Å². The highest BCUT2D eigenvalue weighted by atomic mass is 16.7. The quantitative estimate of drug-likeness (QED) is 0.917. The number of amides is 2. The third-order valence-corrected chi connectivity index (χ3v) is 4.14. The zero-order valence-corrected chi connectivity index (χ0v) is 13.9. The number of benzene rings is 1. The maximum Gasteiger partial charge on any atom is 0.317 e. The zero-order chi connectivity index (χ0) is 16.9. The predicted molar refractivity (Wildman–Crippen MR) is 90.1 cm³/mol. The van der Waals surface area contributed by atoms with Gasteiger partial charge in [0.1, 0.15) is 0 Å². The van der Waals surface area contributed by atoms with Crippen LogP contribution in [0.5, 0.6) is 11.5 Å². The molecule has 1 N–H and O–H groups in total. The summed E-state index contributed by atoms with van der Waals surface area (Å²) in [7, 11) is 1.77. The van der Waals surface area contributed by atoms with Crippen LogP contribution in [0.1, 0.15) is 24.2 Å². The average Bonchev–Trinajstić information content (AvgIpc) is 3.09. The Kier molecular flexibility index (Phi) is 4.84. The molecule has 6 nitrogen and oxygen atoms in total. The Bertz CT molecular complexity index is 706. The molecule has 0 aliphatic carbocycles. The van der Waals surface area contributed by atoms with Crippen LogP contribution >= 0.6 is 0 Å². The number of hydrogen-bond donors (Lipinski definition) is 1. The fraction of sp³-hybridized carbons (Fsp3) is 0.333. The van der Waals surface area contributed by atoms with E-state index in [9.17, 15) is 4.79 Å². The molecule has 2 aromatic rings. The minimum Gasteiger partial charge on any atom is -0.454 e. The van der Waals surface area contributed by atoms with E-state index in [2.05, 4.69) is 10.3 Å². The van der Waals surface area contributed by atoms with Gasteiger partial charge in [0.15, 0.2) is 11.5 Å². The van der Waals surface area contributed by atoms with Crippen molar-refractivity contribution in [2.24, 2.45) is 0 Å². The lowest BCUT2D eigenvalue weighted by molar-refractivity contribution is 0.174. The molecular weight excluding hydrogens is 306 g/mol. The summed E-state index contributed by atoms with van der Waals surface area (Å²) < 4.78 is 10.7.